The minimum absolute atomic E-state index is 0.0488. The highest BCUT2D eigenvalue weighted by Gasteiger charge is 2.40. The maximum atomic E-state index is 12.8. The lowest BCUT2D eigenvalue weighted by atomic mass is 9.92. The Morgan fingerprint density at radius 3 is 0.723 bits per heavy atom. The lowest BCUT2D eigenvalue weighted by Gasteiger charge is -2.30. The zero-order valence-electron chi connectivity index (χ0n) is 36.4. The monoisotopic (exact) mass is 904 g/mol. The van der Waals surface area contributed by atoms with Gasteiger partial charge in [0.1, 0.15) is 31.8 Å². The molecule has 0 atom stereocenters. The predicted molar refractivity (Wildman–Crippen MR) is 217 cm³/mol. The van der Waals surface area contributed by atoms with Crippen LogP contribution in [-0.4, -0.2) is 74.9 Å². The van der Waals surface area contributed by atoms with Gasteiger partial charge < -0.3 is 18.9 Å². The molecule has 0 aliphatic heterocycles. The molecule has 0 saturated carbocycles. The molecule has 0 aliphatic rings. The molecule has 65 heavy (non-hydrogen) atoms. The summed E-state index contributed by atoms with van der Waals surface area (Å²) in [6, 6.07) is 19.3. The molecule has 4 aromatic carbocycles. The Morgan fingerprint density at radius 2 is 0.523 bits per heavy atom. The number of hydrogen-bond donors (Lipinski definition) is 0. The van der Waals surface area contributed by atoms with Crippen LogP contribution in [0.25, 0.3) is 0 Å². The van der Waals surface area contributed by atoms with Gasteiger partial charge in [0.25, 0.3) is 0 Å². The van der Waals surface area contributed by atoms with Crippen molar-refractivity contribution in [3.8, 4) is 0 Å². The molecule has 0 aromatic heterocycles. The van der Waals surface area contributed by atoms with Gasteiger partial charge in [-0.2, -0.15) is 19.2 Å². The number of ether oxygens (including phenoxy) is 4. The molecule has 20 heteroatoms. The van der Waals surface area contributed by atoms with Crippen LogP contribution in [0.15, 0.2) is 72.8 Å². The quantitative estimate of drug-likeness (QED) is 0.0563. The van der Waals surface area contributed by atoms with Gasteiger partial charge in [-0.05, 0) is 102 Å². The van der Waals surface area contributed by atoms with E-state index < -0.39 is 80.3 Å². The molecule has 0 radical (unpaired) electrons. The summed E-state index contributed by atoms with van der Waals surface area (Å²) in [5.74, 6) is -4.34. The molecule has 20 nitrogen and oxygen atoms in total. The van der Waals surface area contributed by atoms with Crippen LogP contribution in [-0.2, 0) is 58.0 Å². The molecule has 4 aromatic rings. The number of carbonyl (C=O) groups excluding carboxylic acids is 8. The van der Waals surface area contributed by atoms with Crippen LogP contribution < -0.4 is 0 Å². The van der Waals surface area contributed by atoms with E-state index in [4.69, 9.17) is 18.9 Å². The summed E-state index contributed by atoms with van der Waals surface area (Å²) >= 11 is 0. The van der Waals surface area contributed by atoms with Crippen molar-refractivity contribution >= 4 is 48.5 Å². The maximum Gasteiger partial charge on any atom is 0.549 e. The molecule has 0 unspecified atom stereocenters. The second-order valence-corrected chi connectivity index (χ2v) is 14.7. The number of rotatable bonds is 12. The highest BCUT2D eigenvalue weighted by atomic mass is 17.3. The van der Waals surface area contributed by atoms with E-state index in [0.29, 0.717) is 44.5 Å². The van der Waals surface area contributed by atoms with Gasteiger partial charge in [0.2, 0.25) is 0 Å². The van der Waals surface area contributed by atoms with E-state index >= 15 is 0 Å². The third kappa shape index (κ3) is 15.0. The summed E-state index contributed by atoms with van der Waals surface area (Å²) in [4.78, 5) is 139. The van der Waals surface area contributed by atoms with E-state index in [1.54, 1.807) is 104 Å². The van der Waals surface area contributed by atoms with Gasteiger partial charge in [-0.15, -0.1) is 0 Å². The van der Waals surface area contributed by atoms with Gasteiger partial charge >= 0.3 is 48.5 Å². The number of benzene rings is 4. The second-order valence-electron chi connectivity index (χ2n) is 14.7. The average molecular weight is 905 g/mol. The van der Waals surface area contributed by atoms with Crippen LogP contribution >= 0.6 is 0 Å². The van der Waals surface area contributed by atoms with Gasteiger partial charge in [-0.1, -0.05) is 70.8 Å². The van der Waals surface area contributed by atoms with Crippen LogP contribution in [0.1, 0.15) is 85.9 Å². The van der Waals surface area contributed by atoms with E-state index in [-0.39, 0.29) is 22.3 Å². The minimum atomic E-state index is -2.24. The van der Waals surface area contributed by atoms with Crippen LogP contribution in [0.5, 0.6) is 0 Å². The lowest BCUT2D eigenvalue weighted by Crippen LogP contribution is -2.44. The fraction of sp³-hybridized carbons (Fsp3) is 0.289. The normalized spacial score (nSPS) is 10.6. The SMILES string of the molecule is Cc1ccc(C)c(C(=O)OOC(=O)OCC(COC(=O)OOC(=O)c2cc(C)ccc2C)(COC(=O)OOC(=O)c2cc(C)ccc2C)COC(=O)OOC(=O)c2cc(C)ccc2C)c1. The number of carbonyl (C=O) groups is 8. The zero-order chi connectivity index (χ0) is 47.8. The van der Waals surface area contributed by atoms with Crippen molar-refractivity contribution in [2.75, 3.05) is 26.4 Å². The van der Waals surface area contributed by atoms with Crippen molar-refractivity contribution in [3.05, 3.63) is 140 Å². The first kappa shape index (κ1) is 49.5. The third-order valence-corrected chi connectivity index (χ3v) is 9.18. The fourth-order valence-electron chi connectivity index (χ4n) is 5.48. The van der Waals surface area contributed by atoms with E-state index in [0.717, 1.165) is 0 Å². The minimum Gasteiger partial charge on any atom is -0.431 e. The van der Waals surface area contributed by atoms with E-state index in [1.165, 1.54) is 24.3 Å². The van der Waals surface area contributed by atoms with Crippen LogP contribution in [0.3, 0.4) is 0 Å². The summed E-state index contributed by atoms with van der Waals surface area (Å²) in [6.07, 6.45) is -6.75. The largest absolute Gasteiger partial charge is 0.549 e. The molecule has 0 saturated heterocycles. The zero-order valence-corrected chi connectivity index (χ0v) is 36.4. The molecule has 0 spiro atoms. The molecule has 0 amide bonds. The highest BCUT2D eigenvalue weighted by molar-refractivity contribution is 5.93. The third-order valence-electron chi connectivity index (χ3n) is 9.18. The maximum absolute atomic E-state index is 12.8. The van der Waals surface area contributed by atoms with Crippen molar-refractivity contribution in [3.63, 3.8) is 0 Å². The van der Waals surface area contributed by atoms with Crippen molar-refractivity contribution < 1.29 is 96.4 Å². The molecule has 0 N–H and O–H groups in total. The molecule has 0 heterocycles. The average Bonchev–Trinajstić information content (AvgIpc) is 3.28. The van der Waals surface area contributed by atoms with Crippen LogP contribution in [0, 0.1) is 60.8 Å². The number of aryl methyl sites for hydroxylation is 8. The molecule has 4 rings (SSSR count). The topological polar surface area (TPSA) is 247 Å². The first-order chi connectivity index (χ1) is 30.7. The Bertz CT molecular complexity index is 2110. The Morgan fingerprint density at radius 1 is 0.323 bits per heavy atom. The summed E-state index contributed by atoms with van der Waals surface area (Å²) < 4.78 is 20.4. The van der Waals surface area contributed by atoms with Gasteiger partial charge in [-0.3, -0.25) is 0 Å². The molecule has 0 fully saturated rings. The predicted octanol–water partition coefficient (Wildman–Crippen LogP) is 8.14. The van der Waals surface area contributed by atoms with Crippen molar-refractivity contribution in [1.82, 2.24) is 0 Å². The van der Waals surface area contributed by atoms with Crippen LogP contribution in [0.4, 0.5) is 19.2 Å². The van der Waals surface area contributed by atoms with Crippen LogP contribution in [0.2, 0.25) is 0 Å². The van der Waals surface area contributed by atoms with Crippen molar-refractivity contribution in [2.24, 2.45) is 5.41 Å². The summed E-state index contributed by atoms with van der Waals surface area (Å²) in [6.45, 7) is 8.87. The fourth-order valence-corrected chi connectivity index (χ4v) is 5.48. The Balaban J connectivity index is 1.54. The van der Waals surface area contributed by atoms with Gasteiger partial charge in [0.15, 0.2) is 0 Å². The summed E-state index contributed by atoms with van der Waals surface area (Å²) in [5, 5.41) is 0. The van der Waals surface area contributed by atoms with E-state index in [2.05, 4.69) is 39.1 Å². The summed E-state index contributed by atoms with van der Waals surface area (Å²) in [5.41, 5.74) is 2.62. The van der Waals surface area contributed by atoms with E-state index in [9.17, 15) is 38.4 Å². The Hall–Kier alpha value is -8.16. The number of hydrogen-bond acceptors (Lipinski definition) is 20. The first-order valence-corrected chi connectivity index (χ1v) is 19.3. The van der Waals surface area contributed by atoms with Gasteiger partial charge in [0, 0.05) is 0 Å². The molecular weight excluding hydrogens is 860 g/mol. The molecular formula is C45H44O20. The van der Waals surface area contributed by atoms with E-state index in [1.807, 2.05) is 0 Å². The molecule has 0 aliphatic carbocycles. The molecule has 344 valence electrons. The first-order valence-electron chi connectivity index (χ1n) is 19.3. The second kappa shape index (κ2) is 22.8. The standard InChI is InChI=1S/C45H44O20/c1-25-9-13-29(5)33(17-25)37(46)58-62-41(50)54-21-45(22-55-42(51)63-59-38(47)34-18-26(2)10-14-30(34)6,23-56-43(52)64-60-39(48)35-19-27(3)11-15-31(35)7)24-57-44(53)65-61-40(49)36-20-28(4)12-16-32(36)8/h9-20H,21-24H2,1-8H3. The Kier molecular flexibility index (Phi) is 17.4. The Labute approximate surface area is 371 Å². The van der Waals surface area contributed by atoms with Gasteiger partial charge in [-0.25, -0.2) is 58.3 Å². The molecule has 0 bridgehead atoms. The van der Waals surface area contributed by atoms with Gasteiger partial charge in [0.05, 0.1) is 22.3 Å². The smallest absolute Gasteiger partial charge is 0.431 e. The summed E-state index contributed by atoms with van der Waals surface area (Å²) in [7, 11) is 0. The highest BCUT2D eigenvalue weighted by Crippen LogP contribution is 2.24. The van der Waals surface area contributed by atoms with Crippen molar-refractivity contribution in [2.45, 2.75) is 55.4 Å². The lowest BCUT2D eigenvalue weighted by molar-refractivity contribution is -0.223. The van der Waals surface area contributed by atoms with Crippen molar-refractivity contribution in [1.29, 1.82) is 0 Å².